The Morgan fingerprint density at radius 2 is 1.69 bits per heavy atom. The van der Waals surface area contributed by atoms with E-state index in [0.29, 0.717) is 30.2 Å². The van der Waals surface area contributed by atoms with Crippen LogP contribution in [0.4, 0.5) is 13.2 Å². The van der Waals surface area contributed by atoms with Crippen molar-refractivity contribution in [2.24, 2.45) is 5.16 Å². The highest BCUT2D eigenvalue weighted by atomic mass is 19.4. The summed E-state index contributed by atoms with van der Waals surface area (Å²) in [7, 11) is 3.18. The van der Waals surface area contributed by atoms with Crippen molar-refractivity contribution < 1.29 is 32.6 Å². The molecule has 2 aromatic rings. The molecule has 1 aliphatic heterocycles. The summed E-state index contributed by atoms with van der Waals surface area (Å²) in [5.41, 5.74) is 2.31. The van der Waals surface area contributed by atoms with Gasteiger partial charge in [0, 0.05) is 18.7 Å². The summed E-state index contributed by atoms with van der Waals surface area (Å²) in [6.07, 6.45) is -5.66. The molecule has 0 radical (unpaired) electrons. The largest absolute Gasteiger partial charge is 0.496 e. The number of nitrogens with zero attached hydrogens (tertiary/aromatic N) is 1. The molecule has 0 bridgehead atoms. The summed E-state index contributed by atoms with van der Waals surface area (Å²) < 4.78 is 49.2. The van der Waals surface area contributed by atoms with Crippen LogP contribution in [0.15, 0.2) is 47.6 Å². The van der Waals surface area contributed by atoms with Gasteiger partial charge in [0.2, 0.25) is 0 Å². The Hall–Kier alpha value is -2.78. The summed E-state index contributed by atoms with van der Waals surface area (Å²) in [5, 5.41) is 16.2. The number of alkyl halides is 3. The molecule has 9 heteroatoms. The lowest BCUT2D eigenvalue weighted by Gasteiger charge is -2.22. The van der Waals surface area contributed by atoms with E-state index in [2.05, 4.69) is 15.3 Å². The summed E-state index contributed by atoms with van der Waals surface area (Å²) in [4.78, 5) is 4.24. The maximum Gasteiger partial charge on any atom is 0.458 e. The second kappa shape index (κ2) is 8.30. The molecule has 2 N–H and O–H groups in total. The van der Waals surface area contributed by atoms with Gasteiger partial charge in [0.15, 0.2) is 0 Å². The Kier molecular flexibility index (Phi) is 5.99. The van der Waals surface area contributed by atoms with E-state index in [1.165, 1.54) is 0 Å². The minimum absolute atomic E-state index is 0.0445. The minimum Gasteiger partial charge on any atom is -0.496 e. The lowest BCUT2D eigenvalue weighted by molar-refractivity contribution is -0.355. The highest BCUT2D eigenvalue weighted by Gasteiger charge is 2.60. The Bertz CT molecular complexity index is 862. The first kappa shape index (κ1) is 20.9. The van der Waals surface area contributed by atoms with Crippen molar-refractivity contribution in [1.29, 1.82) is 0 Å². The maximum absolute atomic E-state index is 12.8. The zero-order chi connectivity index (χ0) is 21.1. The molecular weight excluding hydrogens is 389 g/mol. The number of aliphatic hydroxyl groups is 1. The average molecular weight is 410 g/mol. The molecule has 0 aromatic heterocycles. The lowest BCUT2D eigenvalue weighted by Crippen LogP contribution is -2.45. The van der Waals surface area contributed by atoms with Crippen LogP contribution >= 0.6 is 0 Å². The molecule has 1 atom stereocenters. The van der Waals surface area contributed by atoms with Crippen molar-refractivity contribution in [3.63, 3.8) is 0 Å². The van der Waals surface area contributed by atoms with Crippen molar-refractivity contribution in [2.75, 3.05) is 14.2 Å². The van der Waals surface area contributed by atoms with Gasteiger partial charge in [-0.3, -0.25) is 0 Å². The molecule has 1 unspecified atom stereocenters. The van der Waals surface area contributed by atoms with Crippen molar-refractivity contribution in [3.05, 3.63) is 59.2 Å². The number of halogens is 3. The van der Waals surface area contributed by atoms with Crippen LogP contribution in [0, 0.1) is 0 Å². The Labute approximate surface area is 165 Å². The fourth-order valence-electron chi connectivity index (χ4n) is 2.98. The van der Waals surface area contributed by atoms with E-state index < -0.39 is 18.4 Å². The van der Waals surface area contributed by atoms with Gasteiger partial charge < -0.3 is 24.7 Å². The fraction of sp³-hybridized carbons (Fsp3) is 0.350. The first-order valence-electron chi connectivity index (χ1n) is 8.81. The molecule has 29 heavy (non-hydrogen) atoms. The summed E-state index contributed by atoms with van der Waals surface area (Å²) >= 11 is 0. The first-order chi connectivity index (χ1) is 13.8. The molecule has 0 fully saturated rings. The van der Waals surface area contributed by atoms with Gasteiger partial charge in [-0.25, -0.2) is 0 Å². The SMILES string of the molecule is COc1cccc(OC)c1CNCc1ccc(C2=NOC(O)(C(F)(F)F)C2)cc1. The smallest absolute Gasteiger partial charge is 0.458 e. The fourth-order valence-corrected chi connectivity index (χ4v) is 2.98. The van der Waals surface area contributed by atoms with E-state index >= 15 is 0 Å². The van der Waals surface area contributed by atoms with Crippen LogP contribution in [-0.4, -0.2) is 37.0 Å². The number of nitrogens with one attached hydrogen (secondary N) is 1. The van der Waals surface area contributed by atoms with E-state index in [4.69, 9.17) is 9.47 Å². The molecule has 1 aliphatic rings. The van der Waals surface area contributed by atoms with Gasteiger partial charge in [-0.1, -0.05) is 35.5 Å². The normalized spacial score (nSPS) is 18.9. The van der Waals surface area contributed by atoms with Gasteiger partial charge in [0.1, 0.15) is 11.5 Å². The van der Waals surface area contributed by atoms with Gasteiger partial charge in [-0.2, -0.15) is 13.2 Å². The third-order valence-electron chi connectivity index (χ3n) is 4.60. The summed E-state index contributed by atoms with van der Waals surface area (Å²) in [6, 6.07) is 12.4. The zero-order valence-corrected chi connectivity index (χ0v) is 15.9. The molecule has 1 heterocycles. The number of hydrogen-bond acceptors (Lipinski definition) is 6. The van der Waals surface area contributed by atoms with Crippen molar-refractivity contribution in [3.8, 4) is 11.5 Å². The molecule has 0 saturated carbocycles. The third kappa shape index (κ3) is 4.46. The van der Waals surface area contributed by atoms with Crippen LogP contribution in [0.2, 0.25) is 0 Å². The van der Waals surface area contributed by atoms with Gasteiger partial charge in [-0.05, 0) is 23.3 Å². The molecule has 6 nitrogen and oxygen atoms in total. The van der Waals surface area contributed by atoms with E-state index in [0.717, 1.165) is 11.1 Å². The molecule has 0 saturated heterocycles. The Morgan fingerprint density at radius 3 is 2.21 bits per heavy atom. The summed E-state index contributed by atoms with van der Waals surface area (Å²) in [6.45, 7) is 1.03. The predicted octanol–water partition coefficient (Wildman–Crippen LogP) is 3.37. The first-order valence-corrected chi connectivity index (χ1v) is 8.81. The standard InChI is InChI=1S/C20H21F3N2O4/c1-27-17-4-3-5-18(28-2)15(17)12-24-11-13-6-8-14(9-7-13)16-10-19(26,29-25-16)20(21,22)23/h3-9,24,26H,10-12H2,1-2H3. The third-order valence-corrected chi connectivity index (χ3v) is 4.60. The minimum atomic E-state index is -4.92. The topological polar surface area (TPSA) is 72.3 Å². The summed E-state index contributed by atoms with van der Waals surface area (Å²) in [5.74, 6) is -1.84. The van der Waals surface area contributed by atoms with Crippen LogP contribution in [0.25, 0.3) is 0 Å². The van der Waals surface area contributed by atoms with Crippen LogP contribution in [0.3, 0.4) is 0 Å². The molecule has 2 aromatic carbocycles. The van der Waals surface area contributed by atoms with Crippen LogP contribution < -0.4 is 14.8 Å². The molecular formula is C20H21F3N2O4. The predicted molar refractivity (Wildman–Crippen MR) is 99.8 cm³/mol. The molecule has 0 aliphatic carbocycles. The zero-order valence-electron chi connectivity index (χ0n) is 15.9. The van der Waals surface area contributed by atoms with E-state index in [-0.39, 0.29) is 5.71 Å². The van der Waals surface area contributed by atoms with Crippen molar-refractivity contribution in [2.45, 2.75) is 31.5 Å². The lowest BCUT2D eigenvalue weighted by atomic mass is 10.0. The number of oxime groups is 1. The van der Waals surface area contributed by atoms with Crippen molar-refractivity contribution in [1.82, 2.24) is 5.32 Å². The highest BCUT2D eigenvalue weighted by Crippen LogP contribution is 2.38. The number of benzene rings is 2. The van der Waals surface area contributed by atoms with Crippen LogP contribution in [0.1, 0.15) is 23.1 Å². The van der Waals surface area contributed by atoms with Gasteiger partial charge in [0.25, 0.3) is 0 Å². The Balaban J connectivity index is 1.60. The van der Waals surface area contributed by atoms with Gasteiger partial charge >= 0.3 is 12.0 Å². The number of rotatable bonds is 7. The van der Waals surface area contributed by atoms with Gasteiger partial charge in [0.05, 0.1) is 26.4 Å². The van der Waals surface area contributed by atoms with Gasteiger partial charge in [-0.15, -0.1) is 0 Å². The quantitative estimate of drug-likeness (QED) is 0.732. The van der Waals surface area contributed by atoms with E-state index in [1.54, 1.807) is 38.5 Å². The van der Waals surface area contributed by atoms with Crippen LogP contribution in [-0.2, 0) is 17.9 Å². The monoisotopic (exact) mass is 410 g/mol. The molecule has 0 spiro atoms. The second-order valence-corrected chi connectivity index (χ2v) is 6.53. The number of methoxy groups -OCH3 is 2. The van der Waals surface area contributed by atoms with E-state index in [9.17, 15) is 18.3 Å². The molecule has 0 amide bonds. The highest BCUT2D eigenvalue weighted by molar-refractivity contribution is 6.01. The van der Waals surface area contributed by atoms with Crippen LogP contribution in [0.5, 0.6) is 11.5 Å². The van der Waals surface area contributed by atoms with E-state index in [1.807, 2.05) is 18.2 Å². The number of ether oxygens (including phenoxy) is 2. The average Bonchev–Trinajstić information content (AvgIpc) is 3.12. The Morgan fingerprint density at radius 1 is 1.07 bits per heavy atom. The second-order valence-electron chi connectivity index (χ2n) is 6.53. The molecule has 3 rings (SSSR count). The number of hydrogen-bond donors (Lipinski definition) is 2. The molecule has 156 valence electrons. The maximum atomic E-state index is 12.8. The van der Waals surface area contributed by atoms with Crippen molar-refractivity contribution >= 4 is 5.71 Å².